The molecule has 1 saturated heterocycles. The number of para-hydroxylation sites is 1. The molecule has 0 bridgehead atoms. The van der Waals surface area contributed by atoms with Gasteiger partial charge >= 0.3 is 5.97 Å². The van der Waals surface area contributed by atoms with Gasteiger partial charge in [0, 0.05) is 0 Å². The molecular weight excluding hydrogens is 184 g/mol. The molecule has 0 aromatic heterocycles. The number of hydrogen-bond acceptors (Lipinski definition) is 4. The van der Waals surface area contributed by atoms with Gasteiger partial charge in [0.15, 0.2) is 6.10 Å². The second kappa shape index (κ2) is 4.21. The molecule has 1 aliphatic heterocycles. The Morgan fingerprint density at radius 3 is 2.79 bits per heavy atom. The van der Waals surface area contributed by atoms with Crippen LogP contribution < -0.4 is 4.74 Å². The zero-order valence-corrected chi connectivity index (χ0v) is 7.51. The summed E-state index contributed by atoms with van der Waals surface area (Å²) in [5.41, 5.74) is 0. The Hall–Kier alpha value is -1.39. The van der Waals surface area contributed by atoms with Gasteiger partial charge in [-0.1, -0.05) is 18.2 Å². The normalized spacial score (nSPS) is 20.7. The number of ether oxygens (including phenoxy) is 3. The van der Waals surface area contributed by atoms with Crippen LogP contribution in [0.4, 0.5) is 0 Å². The van der Waals surface area contributed by atoms with E-state index < -0.39 is 12.1 Å². The molecule has 4 nitrogen and oxygen atoms in total. The topological polar surface area (TPSA) is 44.8 Å². The molecule has 0 spiro atoms. The molecule has 14 heavy (non-hydrogen) atoms. The molecule has 1 fully saturated rings. The number of carbonyl (C=O) groups is 1. The zero-order valence-electron chi connectivity index (χ0n) is 7.51. The molecule has 0 N–H and O–H groups in total. The van der Waals surface area contributed by atoms with Gasteiger partial charge in [0.2, 0.25) is 0 Å². The van der Waals surface area contributed by atoms with Crippen molar-refractivity contribution >= 4 is 5.97 Å². The van der Waals surface area contributed by atoms with E-state index in [4.69, 9.17) is 14.2 Å². The van der Waals surface area contributed by atoms with Crippen molar-refractivity contribution in [1.29, 1.82) is 0 Å². The third kappa shape index (κ3) is 2.10. The minimum atomic E-state index is -0.588. The Balaban J connectivity index is 1.94. The van der Waals surface area contributed by atoms with Gasteiger partial charge in [0.05, 0.1) is 6.61 Å². The van der Waals surface area contributed by atoms with Crippen LogP contribution >= 0.6 is 0 Å². The summed E-state index contributed by atoms with van der Waals surface area (Å²) in [5.74, 6) is 0.113. The number of carbonyl (C=O) groups excluding carboxylic acids is 1. The van der Waals surface area contributed by atoms with Crippen molar-refractivity contribution in [2.24, 2.45) is 0 Å². The Bertz CT molecular complexity index is 303. The second-order valence-corrected chi connectivity index (χ2v) is 2.88. The van der Waals surface area contributed by atoms with Gasteiger partial charge in [-0.2, -0.15) is 0 Å². The lowest BCUT2D eigenvalue weighted by Gasteiger charge is -2.07. The lowest BCUT2D eigenvalue weighted by Crippen LogP contribution is -2.27. The van der Waals surface area contributed by atoms with Gasteiger partial charge in [-0.3, -0.25) is 0 Å². The maximum Gasteiger partial charge on any atom is 0.343 e. The first-order valence-electron chi connectivity index (χ1n) is 4.32. The van der Waals surface area contributed by atoms with Crippen LogP contribution in [0.1, 0.15) is 0 Å². The van der Waals surface area contributed by atoms with Crippen LogP contribution in [-0.2, 0) is 14.3 Å². The average Bonchev–Trinajstić information content (AvgIpc) is 2.72. The molecule has 0 saturated carbocycles. The maximum atomic E-state index is 11.4. The van der Waals surface area contributed by atoms with E-state index in [1.54, 1.807) is 24.3 Å². The molecule has 1 aromatic rings. The van der Waals surface area contributed by atoms with Gasteiger partial charge in [0.1, 0.15) is 12.5 Å². The van der Waals surface area contributed by atoms with E-state index in [1.807, 2.05) is 6.07 Å². The molecule has 0 aliphatic carbocycles. The van der Waals surface area contributed by atoms with Gasteiger partial charge in [-0.15, -0.1) is 0 Å². The number of esters is 1. The van der Waals surface area contributed by atoms with Crippen molar-refractivity contribution in [2.45, 2.75) is 6.10 Å². The van der Waals surface area contributed by atoms with Crippen LogP contribution in [0.2, 0.25) is 0 Å². The summed E-state index contributed by atoms with van der Waals surface area (Å²) in [6, 6.07) is 8.89. The lowest BCUT2D eigenvalue weighted by molar-refractivity contribution is -0.143. The van der Waals surface area contributed by atoms with Crippen molar-refractivity contribution < 1.29 is 19.0 Å². The van der Waals surface area contributed by atoms with E-state index in [1.165, 1.54) is 0 Å². The van der Waals surface area contributed by atoms with Crippen molar-refractivity contribution in [3.63, 3.8) is 0 Å². The molecule has 1 unspecified atom stereocenters. The van der Waals surface area contributed by atoms with Crippen LogP contribution in [0.3, 0.4) is 0 Å². The van der Waals surface area contributed by atoms with Crippen molar-refractivity contribution in [2.75, 3.05) is 13.4 Å². The summed E-state index contributed by atoms with van der Waals surface area (Å²) >= 11 is 0. The molecule has 0 radical (unpaired) electrons. The van der Waals surface area contributed by atoms with Crippen LogP contribution in [0, 0.1) is 0 Å². The summed E-state index contributed by atoms with van der Waals surface area (Å²) in [7, 11) is 0. The molecule has 4 heteroatoms. The maximum absolute atomic E-state index is 11.4. The summed E-state index contributed by atoms with van der Waals surface area (Å²) in [6.45, 7) is 0.431. The predicted octanol–water partition coefficient (Wildman–Crippen LogP) is 0.965. The van der Waals surface area contributed by atoms with E-state index in [9.17, 15) is 4.79 Å². The highest BCUT2D eigenvalue weighted by molar-refractivity contribution is 5.77. The quantitative estimate of drug-likeness (QED) is 0.519. The minimum absolute atomic E-state index is 0.161. The Morgan fingerprint density at radius 2 is 2.14 bits per heavy atom. The van der Waals surface area contributed by atoms with Gasteiger partial charge < -0.3 is 14.2 Å². The Morgan fingerprint density at radius 1 is 1.36 bits per heavy atom. The van der Waals surface area contributed by atoms with Crippen LogP contribution in [0.15, 0.2) is 30.3 Å². The number of benzene rings is 1. The van der Waals surface area contributed by atoms with E-state index in [0.717, 1.165) is 0 Å². The number of rotatable bonds is 2. The third-order valence-corrected chi connectivity index (χ3v) is 1.85. The summed E-state index contributed by atoms with van der Waals surface area (Å²) in [5, 5.41) is 0. The smallest absolute Gasteiger partial charge is 0.343 e. The molecule has 2 rings (SSSR count). The SMILES string of the molecule is O=C(Oc1ccccc1)C1COCO1. The van der Waals surface area contributed by atoms with Crippen LogP contribution in [-0.4, -0.2) is 25.5 Å². The van der Waals surface area contributed by atoms with Crippen LogP contribution in [0.25, 0.3) is 0 Å². The van der Waals surface area contributed by atoms with Crippen molar-refractivity contribution in [3.05, 3.63) is 30.3 Å². The first kappa shape index (κ1) is 9.18. The van der Waals surface area contributed by atoms with Crippen LogP contribution in [0.5, 0.6) is 5.75 Å². The Labute approximate surface area is 81.4 Å². The largest absolute Gasteiger partial charge is 0.425 e. The fraction of sp³-hybridized carbons (Fsp3) is 0.300. The van der Waals surface area contributed by atoms with E-state index in [0.29, 0.717) is 5.75 Å². The lowest BCUT2D eigenvalue weighted by atomic mass is 10.3. The average molecular weight is 194 g/mol. The van der Waals surface area contributed by atoms with Crippen molar-refractivity contribution in [1.82, 2.24) is 0 Å². The van der Waals surface area contributed by atoms with Crippen molar-refractivity contribution in [3.8, 4) is 5.75 Å². The molecular formula is C10H10O4. The summed E-state index contributed by atoms with van der Waals surface area (Å²) in [6.07, 6.45) is -0.588. The highest BCUT2D eigenvalue weighted by Crippen LogP contribution is 2.12. The molecule has 0 amide bonds. The summed E-state index contributed by atoms with van der Waals surface area (Å²) < 4.78 is 14.9. The van der Waals surface area contributed by atoms with Gasteiger partial charge in [-0.25, -0.2) is 4.79 Å². The standard InChI is InChI=1S/C10H10O4/c11-10(9-6-12-7-13-9)14-8-4-2-1-3-5-8/h1-5,9H,6-7H2. The molecule has 1 heterocycles. The van der Waals surface area contributed by atoms with E-state index in [-0.39, 0.29) is 13.4 Å². The Kier molecular flexibility index (Phi) is 2.76. The first-order valence-corrected chi connectivity index (χ1v) is 4.32. The van der Waals surface area contributed by atoms with Gasteiger partial charge in [0.25, 0.3) is 0 Å². The van der Waals surface area contributed by atoms with Gasteiger partial charge in [-0.05, 0) is 12.1 Å². The highest BCUT2D eigenvalue weighted by Gasteiger charge is 2.26. The zero-order chi connectivity index (χ0) is 9.80. The van der Waals surface area contributed by atoms with E-state index in [2.05, 4.69) is 0 Å². The third-order valence-electron chi connectivity index (χ3n) is 1.85. The number of hydrogen-bond donors (Lipinski definition) is 0. The second-order valence-electron chi connectivity index (χ2n) is 2.88. The molecule has 1 aliphatic rings. The monoisotopic (exact) mass is 194 g/mol. The molecule has 1 aromatic carbocycles. The fourth-order valence-electron chi connectivity index (χ4n) is 1.14. The highest BCUT2D eigenvalue weighted by atomic mass is 16.7. The summed E-state index contributed by atoms with van der Waals surface area (Å²) in [4.78, 5) is 11.4. The minimum Gasteiger partial charge on any atom is -0.425 e. The molecule has 74 valence electrons. The predicted molar refractivity (Wildman–Crippen MR) is 47.8 cm³/mol. The molecule has 1 atom stereocenters. The fourth-order valence-corrected chi connectivity index (χ4v) is 1.14. The first-order chi connectivity index (χ1) is 6.86. The van der Waals surface area contributed by atoms with E-state index >= 15 is 0 Å².